The van der Waals surface area contributed by atoms with Gasteiger partial charge < -0.3 is 15.4 Å². The van der Waals surface area contributed by atoms with Gasteiger partial charge in [0.25, 0.3) is 5.91 Å². The minimum absolute atomic E-state index is 0.171. The Bertz CT molecular complexity index is 662. The summed E-state index contributed by atoms with van der Waals surface area (Å²) in [5, 5.41) is 5.23. The molecule has 0 aliphatic heterocycles. The minimum atomic E-state index is -0.494. The summed E-state index contributed by atoms with van der Waals surface area (Å²) in [7, 11) is 0. The van der Waals surface area contributed by atoms with Crippen LogP contribution in [0.2, 0.25) is 0 Å². The Balaban J connectivity index is 1.68. The van der Waals surface area contributed by atoms with Crippen molar-refractivity contribution < 1.29 is 19.1 Å². The molecule has 6 nitrogen and oxygen atoms in total. The maximum Gasteiger partial charge on any atom is 0.306 e. The SMILES string of the molecule is Cc1cccc(C)c1NC(=O)CNC(=O)COC(=O)C[C@H]1C=CCC1. The van der Waals surface area contributed by atoms with Crippen molar-refractivity contribution in [2.75, 3.05) is 18.5 Å². The lowest BCUT2D eigenvalue weighted by molar-refractivity contribution is -0.149. The van der Waals surface area contributed by atoms with E-state index < -0.39 is 11.9 Å². The van der Waals surface area contributed by atoms with Crippen LogP contribution in [0.25, 0.3) is 0 Å². The van der Waals surface area contributed by atoms with Gasteiger partial charge >= 0.3 is 5.97 Å². The number of aryl methyl sites for hydroxylation is 2. The van der Waals surface area contributed by atoms with Gasteiger partial charge in [-0.2, -0.15) is 0 Å². The number of hydrogen-bond donors (Lipinski definition) is 2. The number of carbonyl (C=O) groups is 3. The van der Waals surface area contributed by atoms with Gasteiger partial charge in [-0.25, -0.2) is 0 Å². The topological polar surface area (TPSA) is 84.5 Å². The van der Waals surface area contributed by atoms with E-state index in [2.05, 4.69) is 10.6 Å². The van der Waals surface area contributed by atoms with Gasteiger partial charge in [0, 0.05) is 5.69 Å². The first-order valence-corrected chi connectivity index (χ1v) is 8.40. The summed E-state index contributed by atoms with van der Waals surface area (Å²) in [6, 6.07) is 5.72. The fourth-order valence-electron chi connectivity index (χ4n) is 2.71. The summed E-state index contributed by atoms with van der Waals surface area (Å²) in [5.41, 5.74) is 2.65. The Morgan fingerprint density at radius 2 is 1.88 bits per heavy atom. The average Bonchev–Trinajstić information content (AvgIpc) is 3.07. The summed E-state index contributed by atoms with van der Waals surface area (Å²) < 4.78 is 4.94. The number of benzene rings is 1. The van der Waals surface area contributed by atoms with Crippen LogP contribution < -0.4 is 10.6 Å². The molecule has 1 aromatic rings. The zero-order valence-electron chi connectivity index (χ0n) is 14.6. The molecule has 0 bridgehead atoms. The Kier molecular flexibility index (Phi) is 6.74. The smallest absolute Gasteiger partial charge is 0.306 e. The van der Waals surface area contributed by atoms with Crippen LogP contribution in [0.4, 0.5) is 5.69 Å². The molecule has 1 atom stereocenters. The second kappa shape index (κ2) is 9.01. The molecule has 6 heteroatoms. The molecule has 2 N–H and O–H groups in total. The first-order chi connectivity index (χ1) is 12.0. The van der Waals surface area contributed by atoms with Gasteiger partial charge in [0.2, 0.25) is 5.91 Å². The Labute approximate surface area is 147 Å². The Hall–Kier alpha value is -2.63. The van der Waals surface area contributed by atoms with Gasteiger partial charge in [0.1, 0.15) is 0 Å². The van der Waals surface area contributed by atoms with Crippen LogP contribution >= 0.6 is 0 Å². The molecule has 0 saturated carbocycles. The average molecular weight is 344 g/mol. The van der Waals surface area contributed by atoms with Crippen molar-refractivity contribution in [3.8, 4) is 0 Å². The van der Waals surface area contributed by atoms with Gasteiger partial charge in [0.15, 0.2) is 6.61 Å². The number of esters is 1. The molecule has 1 aliphatic carbocycles. The standard InChI is InChI=1S/C19H24N2O4/c1-13-6-5-7-14(2)19(13)21-16(22)11-20-17(23)12-25-18(24)10-15-8-3-4-9-15/h3,5-8,15H,4,9-12H2,1-2H3,(H,20,23)(H,21,22)/t15-/m0/s1. The van der Waals surface area contributed by atoms with E-state index in [4.69, 9.17) is 4.74 Å². The molecule has 0 saturated heterocycles. The van der Waals surface area contributed by atoms with Crippen molar-refractivity contribution >= 4 is 23.5 Å². The fraction of sp³-hybridized carbons (Fsp3) is 0.421. The molecule has 0 fully saturated rings. The van der Waals surface area contributed by atoms with Gasteiger partial charge in [-0.1, -0.05) is 30.4 Å². The van der Waals surface area contributed by atoms with Crippen molar-refractivity contribution in [2.24, 2.45) is 5.92 Å². The molecule has 0 spiro atoms. The minimum Gasteiger partial charge on any atom is -0.456 e. The zero-order chi connectivity index (χ0) is 18.2. The lowest BCUT2D eigenvalue weighted by Gasteiger charge is -2.12. The number of hydrogen-bond acceptors (Lipinski definition) is 4. The quantitative estimate of drug-likeness (QED) is 0.587. The third kappa shape index (κ3) is 6.06. The third-order valence-electron chi connectivity index (χ3n) is 4.10. The van der Waals surface area contributed by atoms with E-state index >= 15 is 0 Å². The molecule has 0 heterocycles. The first-order valence-electron chi connectivity index (χ1n) is 8.40. The highest BCUT2D eigenvalue weighted by Crippen LogP contribution is 2.20. The van der Waals surface area contributed by atoms with Crippen LogP contribution in [0.1, 0.15) is 30.4 Å². The van der Waals surface area contributed by atoms with Crippen molar-refractivity contribution in [2.45, 2.75) is 33.1 Å². The number of para-hydroxylation sites is 1. The molecule has 0 radical (unpaired) electrons. The second-order valence-corrected chi connectivity index (χ2v) is 6.22. The molecular formula is C19H24N2O4. The Morgan fingerprint density at radius 3 is 2.52 bits per heavy atom. The first kappa shape index (κ1) is 18.7. The molecule has 2 amide bonds. The zero-order valence-corrected chi connectivity index (χ0v) is 14.6. The predicted octanol–water partition coefficient (Wildman–Crippen LogP) is 2.26. The third-order valence-corrected chi connectivity index (χ3v) is 4.10. The lowest BCUT2D eigenvalue weighted by Crippen LogP contribution is -2.35. The maximum absolute atomic E-state index is 11.9. The fourth-order valence-corrected chi connectivity index (χ4v) is 2.71. The van der Waals surface area contributed by atoms with E-state index in [1.165, 1.54) is 0 Å². The van der Waals surface area contributed by atoms with E-state index in [9.17, 15) is 14.4 Å². The molecule has 0 aromatic heterocycles. The van der Waals surface area contributed by atoms with Crippen LogP contribution in [-0.2, 0) is 19.1 Å². The molecule has 25 heavy (non-hydrogen) atoms. The van der Waals surface area contributed by atoms with Crippen molar-refractivity contribution in [1.29, 1.82) is 0 Å². The molecule has 0 unspecified atom stereocenters. The lowest BCUT2D eigenvalue weighted by atomic mass is 10.1. The number of rotatable bonds is 7. The van der Waals surface area contributed by atoms with E-state index in [1.54, 1.807) is 0 Å². The summed E-state index contributed by atoms with van der Waals surface area (Å²) >= 11 is 0. The number of nitrogens with one attached hydrogen (secondary N) is 2. The van der Waals surface area contributed by atoms with Gasteiger partial charge in [-0.3, -0.25) is 14.4 Å². The van der Waals surface area contributed by atoms with E-state index in [-0.39, 0.29) is 31.4 Å². The number of ether oxygens (including phenoxy) is 1. The van der Waals surface area contributed by atoms with Crippen molar-refractivity contribution in [3.05, 3.63) is 41.5 Å². The van der Waals surface area contributed by atoms with Crippen molar-refractivity contribution in [1.82, 2.24) is 5.32 Å². The van der Waals surface area contributed by atoms with Gasteiger partial charge in [0.05, 0.1) is 13.0 Å². The highest BCUT2D eigenvalue weighted by Gasteiger charge is 2.16. The summed E-state index contributed by atoms with van der Waals surface area (Å²) in [5.74, 6) is -1.01. The van der Waals surface area contributed by atoms with Crippen molar-refractivity contribution in [3.63, 3.8) is 0 Å². The van der Waals surface area contributed by atoms with Crippen LogP contribution in [0.5, 0.6) is 0 Å². The normalized spacial score (nSPS) is 15.7. The van der Waals surface area contributed by atoms with E-state index in [1.807, 2.05) is 44.2 Å². The maximum atomic E-state index is 11.9. The molecule has 1 aromatic carbocycles. The second-order valence-electron chi connectivity index (χ2n) is 6.22. The molecular weight excluding hydrogens is 320 g/mol. The summed E-state index contributed by atoms with van der Waals surface area (Å²) in [4.78, 5) is 35.3. The number of anilines is 1. The van der Waals surface area contributed by atoms with Crippen LogP contribution in [0, 0.1) is 19.8 Å². The predicted molar refractivity (Wildman–Crippen MR) is 95.0 cm³/mol. The summed E-state index contributed by atoms with van der Waals surface area (Å²) in [6.07, 6.45) is 6.25. The molecule has 1 aliphatic rings. The summed E-state index contributed by atoms with van der Waals surface area (Å²) in [6.45, 7) is 3.27. The van der Waals surface area contributed by atoms with E-state index in [0.29, 0.717) is 0 Å². The van der Waals surface area contributed by atoms with Crippen LogP contribution in [-0.4, -0.2) is 30.9 Å². The van der Waals surface area contributed by atoms with E-state index in [0.717, 1.165) is 29.7 Å². The Morgan fingerprint density at radius 1 is 1.16 bits per heavy atom. The largest absolute Gasteiger partial charge is 0.456 e. The van der Waals surface area contributed by atoms with Gasteiger partial charge in [-0.15, -0.1) is 0 Å². The number of amides is 2. The molecule has 2 rings (SSSR count). The number of allylic oxidation sites excluding steroid dienone is 2. The highest BCUT2D eigenvalue weighted by atomic mass is 16.5. The van der Waals surface area contributed by atoms with Crippen LogP contribution in [0.3, 0.4) is 0 Å². The highest BCUT2D eigenvalue weighted by molar-refractivity contribution is 5.96. The number of carbonyl (C=O) groups excluding carboxylic acids is 3. The molecule has 134 valence electrons. The van der Waals surface area contributed by atoms with Gasteiger partial charge in [-0.05, 0) is 43.7 Å². The van der Waals surface area contributed by atoms with Crippen LogP contribution in [0.15, 0.2) is 30.4 Å². The monoisotopic (exact) mass is 344 g/mol.